The molecule has 0 aliphatic heterocycles. The van der Waals surface area contributed by atoms with Crippen LogP contribution in [-0.4, -0.2) is 10.4 Å². The largest absolute Gasteiger partial charge is 0.334 e. The van der Waals surface area contributed by atoms with Gasteiger partial charge in [0.2, 0.25) is 0 Å². The molecular formula is C15H16FNO. The maximum absolute atomic E-state index is 13.2. The van der Waals surface area contributed by atoms with Crippen LogP contribution in [-0.2, 0) is 4.79 Å². The number of carbonyl (C=O) groups excluding carboxylic acids is 1. The van der Waals surface area contributed by atoms with Crippen LogP contribution in [0.5, 0.6) is 0 Å². The van der Waals surface area contributed by atoms with Gasteiger partial charge >= 0.3 is 0 Å². The molecule has 0 spiro atoms. The summed E-state index contributed by atoms with van der Waals surface area (Å²) in [6.07, 6.45) is 3.67. The smallest absolute Gasteiger partial charge is 0.155 e. The van der Waals surface area contributed by atoms with Crippen molar-refractivity contribution in [1.82, 2.24) is 4.57 Å². The summed E-state index contributed by atoms with van der Waals surface area (Å²) in [4.78, 5) is 12.1. The molecule has 0 bridgehead atoms. The Kier molecular flexibility index (Phi) is 2.69. The molecule has 18 heavy (non-hydrogen) atoms. The quantitative estimate of drug-likeness (QED) is 0.749. The Morgan fingerprint density at radius 1 is 1.28 bits per heavy atom. The highest BCUT2D eigenvalue weighted by atomic mass is 19.1. The molecule has 1 aliphatic carbocycles. The third-order valence-electron chi connectivity index (χ3n) is 3.83. The Morgan fingerprint density at radius 3 is 2.89 bits per heavy atom. The number of Topliss-reactive ketones (excluding diaryl/α,β-unsaturated/α-hetero) is 1. The van der Waals surface area contributed by atoms with Gasteiger partial charge in [0, 0.05) is 23.0 Å². The van der Waals surface area contributed by atoms with Crippen molar-refractivity contribution in [3.63, 3.8) is 0 Å². The number of hydrogen-bond donors (Lipinski definition) is 0. The van der Waals surface area contributed by atoms with Crippen LogP contribution in [0, 0.1) is 12.7 Å². The SMILES string of the molecule is Cc1cc2cc(F)ccc2n1C1CCCCC1=O. The predicted octanol–water partition coefficient (Wildman–Crippen LogP) is 3.77. The third kappa shape index (κ3) is 1.74. The van der Waals surface area contributed by atoms with Crippen molar-refractivity contribution in [2.75, 3.05) is 0 Å². The molecule has 2 nitrogen and oxygen atoms in total. The van der Waals surface area contributed by atoms with Gasteiger partial charge in [-0.2, -0.15) is 0 Å². The second-order valence-electron chi connectivity index (χ2n) is 5.09. The van der Waals surface area contributed by atoms with Gasteiger partial charge in [0.25, 0.3) is 0 Å². The molecular weight excluding hydrogens is 229 g/mol. The molecule has 1 aromatic carbocycles. The van der Waals surface area contributed by atoms with Gasteiger partial charge in [-0.3, -0.25) is 4.79 Å². The van der Waals surface area contributed by atoms with E-state index in [0.29, 0.717) is 12.2 Å². The van der Waals surface area contributed by atoms with E-state index in [2.05, 4.69) is 4.57 Å². The van der Waals surface area contributed by atoms with E-state index in [1.807, 2.05) is 13.0 Å². The Balaban J connectivity index is 2.15. The molecule has 1 fully saturated rings. The van der Waals surface area contributed by atoms with Crippen molar-refractivity contribution in [2.24, 2.45) is 0 Å². The molecule has 0 radical (unpaired) electrons. The van der Waals surface area contributed by atoms with Crippen molar-refractivity contribution in [2.45, 2.75) is 38.6 Å². The highest BCUT2D eigenvalue weighted by molar-refractivity contribution is 5.88. The van der Waals surface area contributed by atoms with Crippen molar-refractivity contribution in [1.29, 1.82) is 0 Å². The first-order chi connectivity index (χ1) is 8.66. The zero-order valence-electron chi connectivity index (χ0n) is 10.4. The van der Waals surface area contributed by atoms with Crippen LogP contribution < -0.4 is 0 Å². The average molecular weight is 245 g/mol. The van der Waals surface area contributed by atoms with Crippen molar-refractivity contribution in [3.05, 3.63) is 35.8 Å². The normalized spacial score (nSPS) is 20.6. The van der Waals surface area contributed by atoms with Crippen LogP contribution in [0.1, 0.15) is 37.4 Å². The van der Waals surface area contributed by atoms with Crippen LogP contribution in [0.2, 0.25) is 0 Å². The Hall–Kier alpha value is -1.64. The highest BCUT2D eigenvalue weighted by Crippen LogP contribution is 2.31. The number of aryl methyl sites for hydroxylation is 1. The second kappa shape index (κ2) is 4.23. The second-order valence-corrected chi connectivity index (χ2v) is 5.09. The summed E-state index contributed by atoms with van der Waals surface area (Å²) < 4.78 is 15.3. The zero-order chi connectivity index (χ0) is 12.7. The minimum Gasteiger partial charge on any atom is -0.334 e. The number of benzene rings is 1. The summed E-state index contributed by atoms with van der Waals surface area (Å²) in [6, 6.07) is 6.68. The fourth-order valence-corrected chi connectivity index (χ4v) is 3.00. The maximum atomic E-state index is 13.2. The lowest BCUT2D eigenvalue weighted by molar-refractivity contribution is -0.123. The van der Waals surface area contributed by atoms with Gasteiger partial charge in [-0.15, -0.1) is 0 Å². The molecule has 2 aromatic rings. The number of aromatic nitrogens is 1. The van der Waals surface area contributed by atoms with Gasteiger partial charge in [-0.05, 0) is 44.0 Å². The number of rotatable bonds is 1. The van der Waals surface area contributed by atoms with Crippen LogP contribution in [0.4, 0.5) is 4.39 Å². The lowest BCUT2D eigenvalue weighted by atomic mass is 9.93. The average Bonchev–Trinajstić information content (AvgIpc) is 2.65. The third-order valence-corrected chi connectivity index (χ3v) is 3.83. The van der Waals surface area contributed by atoms with Gasteiger partial charge in [-0.1, -0.05) is 6.42 Å². The molecule has 0 N–H and O–H groups in total. The zero-order valence-corrected chi connectivity index (χ0v) is 10.4. The first-order valence-corrected chi connectivity index (χ1v) is 6.46. The summed E-state index contributed by atoms with van der Waals surface area (Å²) in [5.74, 6) is 0.0841. The molecule has 94 valence electrons. The first-order valence-electron chi connectivity index (χ1n) is 6.46. The summed E-state index contributed by atoms with van der Waals surface area (Å²) in [5, 5.41) is 0.880. The fraction of sp³-hybridized carbons (Fsp3) is 0.400. The molecule has 3 rings (SSSR count). The van der Waals surface area contributed by atoms with Gasteiger partial charge in [0.05, 0.1) is 6.04 Å². The van der Waals surface area contributed by atoms with Crippen LogP contribution in [0.25, 0.3) is 10.9 Å². The van der Waals surface area contributed by atoms with Gasteiger partial charge < -0.3 is 4.57 Å². The highest BCUT2D eigenvalue weighted by Gasteiger charge is 2.25. The topological polar surface area (TPSA) is 22.0 Å². The van der Waals surface area contributed by atoms with E-state index < -0.39 is 0 Å². The Labute approximate surface area is 105 Å². The van der Waals surface area contributed by atoms with E-state index in [4.69, 9.17) is 0 Å². The number of carbonyl (C=O) groups is 1. The van der Waals surface area contributed by atoms with E-state index in [1.165, 1.54) is 12.1 Å². The first kappa shape index (κ1) is 11.5. The van der Waals surface area contributed by atoms with E-state index in [-0.39, 0.29) is 11.9 Å². The van der Waals surface area contributed by atoms with Gasteiger partial charge in [0.15, 0.2) is 5.78 Å². The maximum Gasteiger partial charge on any atom is 0.155 e. The molecule has 1 heterocycles. The number of hydrogen-bond acceptors (Lipinski definition) is 1. The molecule has 1 saturated carbocycles. The van der Waals surface area contributed by atoms with Crippen LogP contribution in [0.15, 0.2) is 24.3 Å². The summed E-state index contributed by atoms with van der Waals surface area (Å²) >= 11 is 0. The molecule has 3 heteroatoms. The summed E-state index contributed by atoms with van der Waals surface area (Å²) in [6.45, 7) is 1.99. The summed E-state index contributed by atoms with van der Waals surface area (Å²) in [5.41, 5.74) is 2.00. The number of halogens is 1. The minimum absolute atomic E-state index is 0.0540. The van der Waals surface area contributed by atoms with E-state index in [1.54, 1.807) is 6.07 Å². The molecule has 1 unspecified atom stereocenters. The summed E-state index contributed by atoms with van der Waals surface area (Å²) in [7, 11) is 0. The van der Waals surface area contributed by atoms with Crippen molar-refractivity contribution in [3.8, 4) is 0 Å². The van der Waals surface area contributed by atoms with Crippen molar-refractivity contribution >= 4 is 16.7 Å². The molecule has 1 atom stereocenters. The van der Waals surface area contributed by atoms with E-state index >= 15 is 0 Å². The van der Waals surface area contributed by atoms with Gasteiger partial charge in [0.1, 0.15) is 5.82 Å². The van der Waals surface area contributed by atoms with Gasteiger partial charge in [-0.25, -0.2) is 4.39 Å². The number of ketones is 1. The molecule has 1 aliphatic rings. The Morgan fingerprint density at radius 2 is 2.11 bits per heavy atom. The minimum atomic E-state index is -0.227. The molecule has 1 aromatic heterocycles. The van der Waals surface area contributed by atoms with E-state index in [0.717, 1.165) is 35.9 Å². The van der Waals surface area contributed by atoms with Crippen molar-refractivity contribution < 1.29 is 9.18 Å². The lowest BCUT2D eigenvalue weighted by Gasteiger charge is -2.24. The lowest BCUT2D eigenvalue weighted by Crippen LogP contribution is -2.23. The van der Waals surface area contributed by atoms with E-state index in [9.17, 15) is 9.18 Å². The molecule has 0 saturated heterocycles. The Bertz CT molecular complexity index is 614. The number of nitrogens with zero attached hydrogens (tertiary/aromatic N) is 1. The number of fused-ring (bicyclic) bond motifs is 1. The van der Waals surface area contributed by atoms with Crippen LogP contribution in [0.3, 0.4) is 0 Å². The standard InChI is InChI=1S/C15H16FNO/c1-10-8-11-9-12(16)6-7-13(11)17(10)14-4-2-3-5-15(14)18/h6-9,14H,2-5H2,1H3. The predicted molar refractivity (Wildman–Crippen MR) is 69.1 cm³/mol. The fourth-order valence-electron chi connectivity index (χ4n) is 3.00. The van der Waals surface area contributed by atoms with Crippen LogP contribution >= 0.6 is 0 Å². The monoisotopic (exact) mass is 245 g/mol. The molecule has 0 amide bonds.